The molecule has 0 radical (unpaired) electrons. The Balaban J connectivity index is 0. The largest absolute Gasteiger partial charge is 0.476 e. The first kappa shape index (κ1) is 12.1. The van der Waals surface area contributed by atoms with Crippen molar-refractivity contribution in [1.82, 2.24) is 0 Å². The van der Waals surface area contributed by atoms with Crippen molar-refractivity contribution in [1.29, 1.82) is 0 Å². The van der Waals surface area contributed by atoms with Crippen molar-refractivity contribution < 1.29 is 14.7 Å². The van der Waals surface area contributed by atoms with E-state index in [1.807, 2.05) is 0 Å². The van der Waals surface area contributed by atoms with Crippen LogP contribution in [-0.4, -0.2) is 23.4 Å². The van der Waals surface area contributed by atoms with Crippen LogP contribution in [0.25, 0.3) is 0 Å². The zero-order valence-corrected chi connectivity index (χ0v) is 6.19. The molecule has 0 aromatic carbocycles. The fourth-order valence-electron chi connectivity index (χ4n) is 0.370. The summed E-state index contributed by atoms with van der Waals surface area (Å²) in [6.07, 6.45) is 0.497. The lowest BCUT2D eigenvalue weighted by atomic mass is 10.2. The van der Waals surface area contributed by atoms with Gasteiger partial charge in [0.05, 0.1) is 0 Å². The average Bonchev–Trinajstić information content (AvgIpc) is 1.82. The van der Waals surface area contributed by atoms with Crippen LogP contribution in [0, 0.1) is 0 Å². The molecule has 0 bridgehead atoms. The van der Waals surface area contributed by atoms with Gasteiger partial charge in [0.1, 0.15) is 0 Å². The number of halogens is 1. The van der Waals surface area contributed by atoms with Crippen molar-refractivity contribution >= 4 is 24.2 Å². The summed E-state index contributed by atoms with van der Waals surface area (Å²) in [5, 5.41) is 8.02. The predicted octanol–water partition coefficient (Wildman–Crippen LogP) is -0.199. The maximum absolute atomic E-state index is 10.2. The molecule has 60 valence electrons. The van der Waals surface area contributed by atoms with E-state index in [4.69, 9.17) is 10.8 Å². The lowest BCUT2D eigenvalue weighted by Crippen LogP contribution is -2.13. The second-order valence-corrected chi connectivity index (χ2v) is 1.62. The summed E-state index contributed by atoms with van der Waals surface area (Å²) in [6, 6.07) is 0. The van der Waals surface area contributed by atoms with E-state index in [-0.39, 0.29) is 18.8 Å². The van der Waals surface area contributed by atoms with Crippen molar-refractivity contribution in [3.63, 3.8) is 0 Å². The molecular formula is C5H10ClNO3. The van der Waals surface area contributed by atoms with E-state index in [1.165, 1.54) is 0 Å². The van der Waals surface area contributed by atoms with Crippen LogP contribution in [0.15, 0.2) is 0 Å². The number of ketones is 1. The summed E-state index contributed by atoms with van der Waals surface area (Å²) in [6.45, 7) is 0.360. The first-order valence-electron chi connectivity index (χ1n) is 2.64. The molecule has 0 aliphatic carbocycles. The first-order valence-corrected chi connectivity index (χ1v) is 2.64. The number of aliphatic carboxylic acids is 1. The molecule has 3 N–H and O–H groups in total. The third kappa shape index (κ3) is 5.53. The van der Waals surface area contributed by atoms with E-state index in [9.17, 15) is 9.59 Å². The van der Waals surface area contributed by atoms with Crippen molar-refractivity contribution in [2.45, 2.75) is 12.8 Å². The normalized spacial score (nSPS) is 8.10. The highest BCUT2D eigenvalue weighted by Crippen LogP contribution is 1.87. The van der Waals surface area contributed by atoms with Crippen LogP contribution in [0.1, 0.15) is 12.8 Å². The van der Waals surface area contributed by atoms with Gasteiger partial charge in [0.15, 0.2) is 0 Å². The van der Waals surface area contributed by atoms with Gasteiger partial charge in [-0.2, -0.15) is 0 Å². The van der Waals surface area contributed by atoms with E-state index >= 15 is 0 Å². The van der Waals surface area contributed by atoms with Gasteiger partial charge in [-0.1, -0.05) is 0 Å². The minimum absolute atomic E-state index is 0. The molecule has 0 unspecified atom stereocenters. The van der Waals surface area contributed by atoms with Crippen molar-refractivity contribution in [3.8, 4) is 0 Å². The minimum atomic E-state index is -1.37. The molecule has 10 heavy (non-hydrogen) atoms. The van der Waals surface area contributed by atoms with Crippen molar-refractivity contribution in [3.05, 3.63) is 0 Å². The van der Waals surface area contributed by atoms with Crippen LogP contribution in [0.4, 0.5) is 0 Å². The predicted molar refractivity (Wildman–Crippen MR) is 38.2 cm³/mol. The molecule has 0 saturated heterocycles. The Bertz CT molecular complexity index is 126. The Morgan fingerprint density at radius 3 is 2.20 bits per heavy atom. The zero-order chi connectivity index (χ0) is 7.28. The molecule has 0 aromatic heterocycles. The molecule has 0 amide bonds. The molecule has 4 nitrogen and oxygen atoms in total. The smallest absolute Gasteiger partial charge is 0.372 e. The summed E-state index contributed by atoms with van der Waals surface area (Å²) in [4.78, 5) is 20.1. The summed E-state index contributed by atoms with van der Waals surface area (Å²) in [5.74, 6) is -2.14. The van der Waals surface area contributed by atoms with Gasteiger partial charge in [-0.3, -0.25) is 4.79 Å². The molecule has 0 saturated carbocycles. The third-order valence-corrected chi connectivity index (χ3v) is 0.846. The fourth-order valence-corrected chi connectivity index (χ4v) is 0.370. The van der Waals surface area contributed by atoms with Gasteiger partial charge in [-0.15, -0.1) is 12.4 Å². The molecule has 0 spiro atoms. The van der Waals surface area contributed by atoms with Crippen molar-refractivity contribution in [2.75, 3.05) is 6.54 Å². The summed E-state index contributed by atoms with van der Waals surface area (Å²) in [7, 11) is 0. The lowest BCUT2D eigenvalue weighted by molar-refractivity contribution is -0.149. The zero-order valence-electron chi connectivity index (χ0n) is 5.37. The highest BCUT2D eigenvalue weighted by Gasteiger charge is 2.08. The molecule has 0 atom stereocenters. The molecule has 0 aliphatic rings. The SMILES string of the molecule is Cl.NCCCC(=O)C(=O)O. The lowest BCUT2D eigenvalue weighted by Gasteiger charge is -1.89. The standard InChI is InChI=1S/C5H9NO3.ClH/c6-3-1-2-4(7)5(8)9;/h1-3,6H2,(H,8,9);1H. The highest BCUT2D eigenvalue weighted by molar-refractivity contribution is 6.32. The van der Waals surface area contributed by atoms with E-state index in [0.717, 1.165) is 0 Å². The topological polar surface area (TPSA) is 80.4 Å². The summed E-state index contributed by atoms with van der Waals surface area (Å²) in [5.41, 5.74) is 5.03. The Hall–Kier alpha value is -0.610. The molecular weight excluding hydrogens is 158 g/mol. The van der Waals surface area contributed by atoms with Crippen LogP contribution >= 0.6 is 12.4 Å². The van der Waals surface area contributed by atoms with Gasteiger partial charge < -0.3 is 10.8 Å². The van der Waals surface area contributed by atoms with E-state index in [1.54, 1.807) is 0 Å². The number of Topliss-reactive ketones (excluding diaryl/α,β-unsaturated/α-hetero) is 1. The van der Waals surface area contributed by atoms with E-state index in [2.05, 4.69) is 0 Å². The number of rotatable bonds is 4. The van der Waals surface area contributed by atoms with Crippen LogP contribution in [-0.2, 0) is 9.59 Å². The third-order valence-electron chi connectivity index (χ3n) is 0.846. The van der Waals surface area contributed by atoms with Crippen LogP contribution in [0.5, 0.6) is 0 Å². The summed E-state index contributed by atoms with van der Waals surface area (Å²) >= 11 is 0. The van der Waals surface area contributed by atoms with E-state index in [0.29, 0.717) is 13.0 Å². The van der Waals surface area contributed by atoms with Crippen molar-refractivity contribution in [2.24, 2.45) is 5.73 Å². The second kappa shape index (κ2) is 6.51. The van der Waals surface area contributed by atoms with Gasteiger partial charge in [0.2, 0.25) is 5.78 Å². The maximum atomic E-state index is 10.2. The Morgan fingerprint density at radius 1 is 1.40 bits per heavy atom. The van der Waals surface area contributed by atoms with Gasteiger partial charge in [0, 0.05) is 6.42 Å². The van der Waals surface area contributed by atoms with Crippen LogP contribution < -0.4 is 5.73 Å². The first-order chi connectivity index (χ1) is 4.18. The quantitative estimate of drug-likeness (QED) is 0.569. The molecule has 0 aliphatic heterocycles. The molecule has 0 aromatic rings. The van der Waals surface area contributed by atoms with Gasteiger partial charge >= 0.3 is 5.97 Å². The monoisotopic (exact) mass is 167 g/mol. The second-order valence-electron chi connectivity index (χ2n) is 1.62. The Morgan fingerprint density at radius 2 is 1.90 bits per heavy atom. The molecule has 0 heterocycles. The number of hydrogen-bond acceptors (Lipinski definition) is 3. The Kier molecular flexibility index (Phi) is 7.88. The highest BCUT2D eigenvalue weighted by atomic mass is 35.5. The Labute approximate surface area is 64.8 Å². The number of carbonyl (C=O) groups is 2. The molecule has 5 heteroatoms. The average molecular weight is 168 g/mol. The summed E-state index contributed by atoms with van der Waals surface area (Å²) < 4.78 is 0. The number of nitrogens with two attached hydrogens (primary N) is 1. The maximum Gasteiger partial charge on any atom is 0.372 e. The van der Waals surface area contributed by atoms with Gasteiger partial charge in [-0.05, 0) is 13.0 Å². The van der Waals surface area contributed by atoms with Crippen LogP contribution in [0.2, 0.25) is 0 Å². The molecule has 0 fully saturated rings. The molecule has 0 rings (SSSR count). The minimum Gasteiger partial charge on any atom is -0.476 e. The number of hydrogen-bond donors (Lipinski definition) is 2. The van der Waals surface area contributed by atoms with Crippen LogP contribution in [0.3, 0.4) is 0 Å². The van der Waals surface area contributed by atoms with Gasteiger partial charge in [-0.25, -0.2) is 4.79 Å². The van der Waals surface area contributed by atoms with Gasteiger partial charge in [0.25, 0.3) is 0 Å². The number of carboxylic acid groups (broad SMARTS) is 1. The fraction of sp³-hybridized carbons (Fsp3) is 0.600. The van der Waals surface area contributed by atoms with E-state index < -0.39 is 11.8 Å². The number of carboxylic acids is 1. The number of carbonyl (C=O) groups excluding carboxylic acids is 1.